The van der Waals surface area contributed by atoms with Crippen LogP contribution in [-0.2, 0) is 32.6 Å². The maximum Gasteiger partial charge on any atom is 3.00 e. The van der Waals surface area contributed by atoms with Crippen molar-refractivity contribution in [2.75, 3.05) is 0 Å². The molecule has 0 aliphatic heterocycles. The summed E-state index contributed by atoms with van der Waals surface area (Å²) in [5.41, 5.74) is 6.47. The zero-order valence-electron chi connectivity index (χ0n) is 18.5. The maximum absolute atomic E-state index is 3.40. The van der Waals surface area contributed by atoms with Gasteiger partial charge in [-0.05, 0) is 12.8 Å². The number of benzene rings is 3. The third-order valence-corrected chi connectivity index (χ3v) is 5.14. The van der Waals surface area contributed by atoms with E-state index in [1.165, 1.54) is 45.9 Å². The number of hydrogen-bond donors (Lipinski definition) is 0. The van der Waals surface area contributed by atoms with Crippen LogP contribution in [0.15, 0.2) is 78.9 Å². The van der Waals surface area contributed by atoms with Gasteiger partial charge in [0.1, 0.15) is 0 Å². The molecule has 0 nitrogen and oxygen atoms in total. The van der Waals surface area contributed by atoms with Gasteiger partial charge in [0.05, 0.1) is 0 Å². The molecule has 0 unspecified atom stereocenters. The van der Waals surface area contributed by atoms with Crippen LogP contribution < -0.4 is 0 Å². The quantitative estimate of drug-likeness (QED) is 0.136. The first-order valence-electron chi connectivity index (χ1n) is 10.8. The third-order valence-electron chi connectivity index (χ3n) is 5.14. The minimum Gasteiger partial charge on any atom is -0.346 e. The second-order valence-corrected chi connectivity index (χ2v) is 7.17. The van der Waals surface area contributed by atoms with Gasteiger partial charge >= 0.3 is 26.2 Å². The molecule has 153 valence electrons. The van der Waals surface area contributed by atoms with Gasteiger partial charge in [0.15, 0.2) is 0 Å². The van der Waals surface area contributed by atoms with Crippen molar-refractivity contribution in [3.8, 4) is 23.0 Å². The summed E-state index contributed by atoms with van der Waals surface area (Å²) in [6.45, 7) is 7.20. The van der Waals surface area contributed by atoms with Gasteiger partial charge in [0.25, 0.3) is 0 Å². The van der Waals surface area contributed by atoms with Crippen molar-refractivity contribution in [1.29, 1.82) is 0 Å². The molecule has 0 aromatic heterocycles. The van der Waals surface area contributed by atoms with Crippen LogP contribution in [0.25, 0.3) is 21.9 Å². The molecule has 0 spiro atoms. The van der Waals surface area contributed by atoms with Crippen LogP contribution in [-0.4, -0.2) is 0 Å². The standard InChI is InChI=1S/C19H17.C9H7.C2H5.Zr/c1-2-3-4-5-8-15-11-12-17-14-16-9-6-7-10-18(16)19(17)13-15;1-2-5-9-7-3-6-8(9)4-1;1-2;/h6-7,9-11,13H,2-4,14H2,1H3;1-7H;1H2,2H3;/q3*-1;+3. The second kappa shape index (κ2) is 13.2. The first-order valence-corrected chi connectivity index (χ1v) is 10.8. The fourth-order valence-corrected chi connectivity index (χ4v) is 3.61. The van der Waals surface area contributed by atoms with E-state index in [1.54, 1.807) is 6.92 Å². The fourth-order valence-electron chi connectivity index (χ4n) is 3.61. The SMILES string of the molecule is CCCCC#Cc1c[c-]c2c(c1)-c1ccccc1C2.[CH2-]C.[Zr+3].c1ccc2[cH-]ccc2c1. The second-order valence-electron chi connectivity index (χ2n) is 7.17. The van der Waals surface area contributed by atoms with Gasteiger partial charge in [-0.25, -0.2) is 0 Å². The Morgan fingerprint density at radius 3 is 2.58 bits per heavy atom. The Morgan fingerprint density at radius 2 is 1.77 bits per heavy atom. The predicted octanol–water partition coefficient (Wildman–Crippen LogP) is 8.00. The Balaban J connectivity index is 0.000000239. The Bertz CT molecular complexity index is 1110. The molecular weight excluding hydrogens is 452 g/mol. The fraction of sp³-hybridized carbons (Fsp3) is 0.200. The summed E-state index contributed by atoms with van der Waals surface area (Å²) < 4.78 is 0. The van der Waals surface area contributed by atoms with E-state index in [-0.39, 0.29) is 26.2 Å². The minimum absolute atomic E-state index is 0. The molecule has 0 saturated heterocycles. The van der Waals surface area contributed by atoms with Gasteiger partial charge in [0, 0.05) is 6.42 Å². The average molecular weight is 481 g/mol. The van der Waals surface area contributed by atoms with Crippen molar-refractivity contribution in [2.45, 2.75) is 39.5 Å². The van der Waals surface area contributed by atoms with E-state index in [2.05, 4.69) is 105 Å². The van der Waals surface area contributed by atoms with Crippen molar-refractivity contribution in [2.24, 2.45) is 0 Å². The van der Waals surface area contributed by atoms with Crippen molar-refractivity contribution in [3.05, 3.63) is 109 Å². The molecule has 0 fully saturated rings. The topological polar surface area (TPSA) is 0 Å². The molecule has 31 heavy (non-hydrogen) atoms. The van der Waals surface area contributed by atoms with E-state index in [4.69, 9.17) is 0 Å². The molecular formula is C30H29Zr. The summed E-state index contributed by atoms with van der Waals surface area (Å²) in [5.74, 6) is 6.51. The van der Waals surface area contributed by atoms with Crippen LogP contribution in [0.1, 0.15) is 49.8 Å². The van der Waals surface area contributed by atoms with E-state index in [1.807, 2.05) is 6.07 Å². The Kier molecular flexibility index (Phi) is 10.6. The van der Waals surface area contributed by atoms with Crippen LogP contribution in [0, 0.1) is 24.8 Å². The molecule has 1 aliphatic rings. The third kappa shape index (κ3) is 6.59. The van der Waals surface area contributed by atoms with Crippen molar-refractivity contribution < 1.29 is 26.2 Å². The number of hydrogen-bond acceptors (Lipinski definition) is 0. The van der Waals surface area contributed by atoms with Crippen LogP contribution in [0.3, 0.4) is 0 Å². The van der Waals surface area contributed by atoms with Crippen LogP contribution in [0.4, 0.5) is 0 Å². The molecule has 1 radical (unpaired) electrons. The predicted molar refractivity (Wildman–Crippen MR) is 130 cm³/mol. The zero-order valence-corrected chi connectivity index (χ0v) is 21.0. The molecule has 0 heterocycles. The normalized spacial score (nSPS) is 10.2. The van der Waals surface area contributed by atoms with E-state index in [0.29, 0.717) is 0 Å². The Hall–Kier alpha value is -2.29. The molecule has 5 rings (SSSR count). The van der Waals surface area contributed by atoms with Crippen LogP contribution >= 0.6 is 0 Å². The molecule has 0 atom stereocenters. The molecule has 0 N–H and O–H groups in total. The first-order chi connectivity index (χ1) is 14.8. The van der Waals surface area contributed by atoms with Gasteiger partial charge in [0.2, 0.25) is 0 Å². The van der Waals surface area contributed by atoms with E-state index >= 15 is 0 Å². The summed E-state index contributed by atoms with van der Waals surface area (Å²) in [4.78, 5) is 0. The van der Waals surface area contributed by atoms with Gasteiger partial charge < -0.3 is 6.92 Å². The molecule has 0 saturated carbocycles. The molecule has 1 heteroatoms. The van der Waals surface area contributed by atoms with Crippen LogP contribution in [0.2, 0.25) is 0 Å². The van der Waals surface area contributed by atoms with Gasteiger partial charge in [-0.15, -0.1) is 53.1 Å². The summed E-state index contributed by atoms with van der Waals surface area (Å²) in [6.07, 6.45) is 4.39. The summed E-state index contributed by atoms with van der Waals surface area (Å²) >= 11 is 0. The first kappa shape index (κ1) is 25.0. The Morgan fingerprint density at radius 1 is 1.00 bits per heavy atom. The van der Waals surface area contributed by atoms with Crippen molar-refractivity contribution in [1.82, 2.24) is 0 Å². The maximum atomic E-state index is 3.40. The Labute approximate surface area is 207 Å². The summed E-state index contributed by atoms with van der Waals surface area (Å²) in [7, 11) is 0. The molecule has 4 aromatic carbocycles. The van der Waals surface area contributed by atoms with E-state index in [0.717, 1.165) is 18.4 Å². The minimum atomic E-state index is 0. The van der Waals surface area contributed by atoms with E-state index < -0.39 is 0 Å². The summed E-state index contributed by atoms with van der Waals surface area (Å²) in [6, 6.07) is 30.9. The smallest absolute Gasteiger partial charge is 0.346 e. The average Bonchev–Trinajstić information content (AvgIpc) is 3.43. The number of fused-ring (bicyclic) bond motifs is 4. The van der Waals surface area contributed by atoms with Gasteiger partial charge in [-0.3, -0.25) is 0 Å². The monoisotopic (exact) mass is 479 g/mol. The number of unbranched alkanes of at least 4 members (excludes halogenated alkanes) is 2. The van der Waals surface area contributed by atoms with Gasteiger partial charge in [-0.1, -0.05) is 60.4 Å². The molecule has 1 aliphatic carbocycles. The van der Waals surface area contributed by atoms with E-state index in [9.17, 15) is 0 Å². The molecule has 0 bridgehead atoms. The summed E-state index contributed by atoms with van der Waals surface area (Å²) in [5, 5.41) is 2.66. The van der Waals surface area contributed by atoms with Crippen molar-refractivity contribution in [3.63, 3.8) is 0 Å². The van der Waals surface area contributed by atoms with Crippen LogP contribution in [0.5, 0.6) is 0 Å². The molecule has 0 amide bonds. The number of rotatable bonds is 2. The van der Waals surface area contributed by atoms with Crippen molar-refractivity contribution >= 4 is 10.8 Å². The largest absolute Gasteiger partial charge is 3.00 e. The zero-order chi connectivity index (χ0) is 21.2. The molecule has 4 aromatic rings. The van der Waals surface area contributed by atoms with Gasteiger partial charge in [-0.2, -0.15) is 42.1 Å².